The summed E-state index contributed by atoms with van der Waals surface area (Å²) in [5.74, 6) is 0. The van der Waals surface area contributed by atoms with Gasteiger partial charge in [0.05, 0.1) is 53.4 Å². The Morgan fingerprint density at radius 2 is 0.283 bits per heavy atom. The summed E-state index contributed by atoms with van der Waals surface area (Å²) in [6, 6.07) is 0. The smallest absolute Gasteiger partial charge is 0.0784 e. The molecular formula is C56H120BrClN2. The largest absolute Gasteiger partial charge is 1.00 e. The zero-order valence-electron chi connectivity index (χ0n) is 43.6. The van der Waals surface area contributed by atoms with E-state index in [1.165, 1.54) is 318 Å². The highest BCUT2D eigenvalue weighted by atomic mass is 79.9. The first-order valence-electron chi connectivity index (χ1n) is 28.0. The summed E-state index contributed by atoms with van der Waals surface area (Å²) in [4.78, 5) is 0. The van der Waals surface area contributed by atoms with Crippen molar-refractivity contribution in [2.24, 2.45) is 0 Å². The fraction of sp³-hybridized carbons (Fsp3) is 1.00. The molecule has 0 N–H and O–H groups in total. The Bertz CT molecular complexity index is 581. The van der Waals surface area contributed by atoms with Crippen molar-refractivity contribution >= 4 is 0 Å². The molecule has 0 aliphatic rings. The van der Waals surface area contributed by atoms with Crippen LogP contribution in [0.15, 0.2) is 0 Å². The van der Waals surface area contributed by atoms with Gasteiger partial charge in [-0.15, -0.1) is 0 Å². The van der Waals surface area contributed by atoms with E-state index in [1.807, 2.05) is 0 Å². The van der Waals surface area contributed by atoms with Crippen LogP contribution in [0.3, 0.4) is 0 Å². The Labute approximate surface area is 400 Å². The number of hydrogen-bond donors (Lipinski definition) is 0. The maximum absolute atomic E-state index is 2.57. The minimum atomic E-state index is 0. The summed E-state index contributed by atoms with van der Waals surface area (Å²) < 4.78 is 2.72. The van der Waals surface area contributed by atoms with Crippen LogP contribution in [0.4, 0.5) is 0 Å². The molecule has 0 saturated carbocycles. The SMILES string of the molecule is CCCCCCCCC[N+](C)(CCCCCCCCC)CCCCCCCCC.CCCCCCCCC[N+](C)(CCCCCCCCC)CCCCCCCCC.[Br-].[Cl-]. The summed E-state index contributed by atoms with van der Waals surface area (Å²) in [5.41, 5.74) is 0. The van der Waals surface area contributed by atoms with Crippen LogP contribution in [-0.2, 0) is 0 Å². The summed E-state index contributed by atoms with van der Waals surface area (Å²) in [7, 11) is 5.15. The molecule has 0 aromatic carbocycles. The summed E-state index contributed by atoms with van der Waals surface area (Å²) >= 11 is 0. The van der Waals surface area contributed by atoms with Crippen molar-refractivity contribution in [1.82, 2.24) is 0 Å². The van der Waals surface area contributed by atoms with Crippen molar-refractivity contribution in [3.63, 3.8) is 0 Å². The molecule has 0 spiro atoms. The second kappa shape index (κ2) is 55.8. The van der Waals surface area contributed by atoms with Gasteiger partial charge in [0.2, 0.25) is 0 Å². The molecular weight excluding hydrogens is 816 g/mol. The highest BCUT2D eigenvalue weighted by Gasteiger charge is 2.21. The fourth-order valence-electron chi connectivity index (χ4n) is 9.37. The van der Waals surface area contributed by atoms with Gasteiger partial charge >= 0.3 is 0 Å². The Hall–Kier alpha value is 0.690. The zero-order chi connectivity index (χ0) is 42.9. The lowest BCUT2D eigenvalue weighted by Gasteiger charge is -2.35. The topological polar surface area (TPSA) is 0 Å². The minimum absolute atomic E-state index is 0. The van der Waals surface area contributed by atoms with Crippen LogP contribution in [-0.4, -0.2) is 62.3 Å². The number of rotatable bonds is 48. The van der Waals surface area contributed by atoms with E-state index < -0.39 is 0 Å². The van der Waals surface area contributed by atoms with E-state index in [2.05, 4.69) is 55.6 Å². The standard InChI is InChI=1S/2C28H60N.BrH.ClH/c2*1-5-8-11-14-17-20-23-26-29(4,27-24-21-18-15-12-9-6-2)28-25-22-19-16-13-10-7-3;;/h2*5-28H2,1-4H3;2*1H/q2*+1;;/p-2. The van der Waals surface area contributed by atoms with Crippen molar-refractivity contribution in [3.05, 3.63) is 0 Å². The monoisotopic (exact) mass is 935 g/mol. The average Bonchev–Trinajstić information content (AvgIpc) is 3.22. The van der Waals surface area contributed by atoms with Gasteiger partial charge in [0.1, 0.15) is 0 Å². The Balaban J connectivity index is -0.000000506. The van der Waals surface area contributed by atoms with E-state index >= 15 is 0 Å². The van der Waals surface area contributed by atoms with Crippen LogP contribution in [0, 0.1) is 0 Å². The van der Waals surface area contributed by atoms with Crippen molar-refractivity contribution in [3.8, 4) is 0 Å². The van der Waals surface area contributed by atoms with Crippen LogP contribution in [0.1, 0.15) is 311 Å². The third-order valence-electron chi connectivity index (χ3n) is 13.8. The van der Waals surface area contributed by atoms with Gasteiger partial charge in [0.15, 0.2) is 0 Å². The molecule has 368 valence electrons. The lowest BCUT2D eigenvalue weighted by atomic mass is 10.1. The van der Waals surface area contributed by atoms with Crippen molar-refractivity contribution < 1.29 is 38.4 Å². The highest BCUT2D eigenvalue weighted by Crippen LogP contribution is 2.19. The molecule has 0 aliphatic carbocycles. The molecule has 0 saturated heterocycles. The average molecular weight is 937 g/mol. The lowest BCUT2D eigenvalue weighted by Crippen LogP contribution is -3.00. The first-order valence-corrected chi connectivity index (χ1v) is 28.0. The number of halogens is 2. The molecule has 0 aromatic rings. The van der Waals surface area contributed by atoms with Gasteiger partial charge < -0.3 is 38.4 Å². The molecule has 2 nitrogen and oxygen atoms in total. The van der Waals surface area contributed by atoms with Gasteiger partial charge in [-0.3, -0.25) is 0 Å². The highest BCUT2D eigenvalue weighted by molar-refractivity contribution is 4.54. The van der Waals surface area contributed by atoms with E-state index in [1.54, 1.807) is 0 Å². The van der Waals surface area contributed by atoms with Gasteiger partial charge in [-0.2, -0.15) is 0 Å². The molecule has 0 radical (unpaired) electrons. The number of hydrogen-bond acceptors (Lipinski definition) is 0. The quantitative estimate of drug-likeness (QED) is 0.0421. The Morgan fingerprint density at radius 1 is 0.183 bits per heavy atom. The predicted molar refractivity (Wildman–Crippen MR) is 270 cm³/mol. The molecule has 0 bridgehead atoms. The number of unbranched alkanes of at least 4 members (excludes halogenated alkanes) is 36. The van der Waals surface area contributed by atoms with Crippen LogP contribution in [0.2, 0.25) is 0 Å². The van der Waals surface area contributed by atoms with Gasteiger partial charge in [0.25, 0.3) is 0 Å². The van der Waals surface area contributed by atoms with Gasteiger partial charge in [-0.1, -0.05) is 234 Å². The van der Waals surface area contributed by atoms with Crippen LogP contribution in [0.25, 0.3) is 0 Å². The normalized spacial score (nSPS) is 11.6. The van der Waals surface area contributed by atoms with Crippen molar-refractivity contribution in [2.75, 3.05) is 53.4 Å². The molecule has 60 heavy (non-hydrogen) atoms. The van der Waals surface area contributed by atoms with Gasteiger partial charge in [-0.05, 0) is 77.0 Å². The minimum Gasteiger partial charge on any atom is -1.00 e. The molecule has 0 amide bonds. The maximum atomic E-state index is 2.57. The van der Waals surface area contributed by atoms with Crippen molar-refractivity contribution in [1.29, 1.82) is 0 Å². The van der Waals surface area contributed by atoms with E-state index in [9.17, 15) is 0 Å². The van der Waals surface area contributed by atoms with Crippen LogP contribution >= 0.6 is 0 Å². The van der Waals surface area contributed by atoms with Crippen molar-refractivity contribution in [2.45, 2.75) is 311 Å². The predicted octanol–water partition coefficient (Wildman–Crippen LogP) is 13.4. The van der Waals surface area contributed by atoms with Gasteiger partial charge in [0, 0.05) is 0 Å². The van der Waals surface area contributed by atoms with E-state index in [4.69, 9.17) is 0 Å². The molecule has 0 aliphatic heterocycles. The van der Waals surface area contributed by atoms with Crippen LogP contribution < -0.4 is 29.4 Å². The van der Waals surface area contributed by atoms with E-state index in [0.717, 1.165) is 0 Å². The number of nitrogens with zero attached hydrogens (tertiary/aromatic N) is 2. The second-order valence-corrected chi connectivity index (χ2v) is 20.3. The molecule has 0 atom stereocenters. The third kappa shape index (κ3) is 53.0. The molecule has 0 rings (SSSR count). The lowest BCUT2D eigenvalue weighted by molar-refractivity contribution is -0.910. The van der Waals surface area contributed by atoms with E-state index in [0.29, 0.717) is 0 Å². The zero-order valence-corrected chi connectivity index (χ0v) is 45.9. The molecule has 0 aromatic heterocycles. The first-order chi connectivity index (χ1) is 28.4. The Morgan fingerprint density at radius 3 is 0.400 bits per heavy atom. The molecule has 0 fully saturated rings. The summed E-state index contributed by atoms with van der Waals surface area (Å²) in [5, 5.41) is 0. The second-order valence-electron chi connectivity index (χ2n) is 20.3. The summed E-state index contributed by atoms with van der Waals surface area (Å²) in [6.45, 7) is 22.5. The molecule has 4 heteroatoms. The van der Waals surface area contributed by atoms with Crippen LogP contribution in [0.5, 0.6) is 0 Å². The molecule has 0 heterocycles. The molecule has 0 unspecified atom stereocenters. The Kier molecular flexibility index (Phi) is 62.6. The maximum Gasteiger partial charge on any atom is 0.0784 e. The van der Waals surface area contributed by atoms with Gasteiger partial charge in [-0.25, -0.2) is 0 Å². The fourth-order valence-corrected chi connectivity index (χ4v) is 9.37. The first kappa shape index (κ1) is 67.3. The summed E-state index contributed by atoms with van der Waals surface area (Å²) in [6.07, 6.45) is 60.7. The van der Waals surface area contributed by atoms with E-state index in [-0.39, 0.29) is 29.4 Å². The number of quaternary nitrogens is 2. The third-order valence-corrected chi connectivity index (χ3v) is 13.8.